The fraction of sp³-hybridized carbons (Fsp3) is 0.450. The molecule has 1 N–H and O–H groups in total. The zero-order chi connectivity index (χ0) is 19.5. The summed E-state index contributed by atoms with van der Waals surface area (Å²) in [7, 11) is 0. The molecule has 0 aliphatic heterocycles. The van der Waals surface area contributed by atoms with Crippen molar-refractivity contribution in [2.45, 2.75) is 55.8 Å². The molecule has 2 aliphatic rings. The highest BCUT2D eigenvalue weighted by Gasteiger charge is 2.35. The highest BCUT2D eigenvalue weighted by molar-refractivity contribution is 8.01. The molecule has 0 bridgehead atoms. The largest absolute Gasteiger partial charge is 0.330 e. The van der Waals surface area contributed by atoms with Gasteiger partial charge in [0.05, 0.1) is 5.75 Å². The molecule has 1 heterocycles. The van der Waals surface area contributed by atoms with Crippen LogP contribution in [0.3, 0.4) is 0 Å². The van der Waals surface area contributed by atoms with Gasteiger partial charge in [-0.2, -0.15) is 0 Å². The Morgan fingerprint density at radius 1 is 1.36 bits per heavy atom. The van der Waals surface area contributed by atoms with E-state index in [4.69, 9.17) is 11.6 Å². The number of benzene rings is 1. The SMILES string of the molecule is Cc1ccc(Nc2nnc(SCC(=O)N(C3=CCCCC3)C3CC3)s2)cc1Cl. The number of thioether (sulfide) groups is 1. The normalized spacial score (nSPS) is 16.6. The number of hydrogen-bond donors (Lipinski definition) is 1. The topological polar surface area (TPSA) is 58.1 Å². The summed E-state index contributed by atoms with van der Waals surface area (Å²) in [6, 6.07) is 6.21. The number of hydrogen-bond acceptors (Lipinski definition) is 6. The van der Waals surface area contributed by atoms with Gasteiger partial charge in [-0.05, 0) is 63.1 Å². The lowest BCUT2D eigenvalue weighted by Crippen LogP contribution is -2.34. The van der Waals surface area contributed by atoms with Crippen LogP contribution in [0.4, 0.5) is 10.8 Å². The molecule has 0 saturated heterocycles. The fourth-order valence-electron chi connectivity index (χ4n) is 3.28. The van der Waals surface area contributed by atoms with Crippen molar-refractivity contribution in [3.05, 3.63) is 40.6 Å². The van der Waals surface area contributed by atoms with Gasteiger partial charge in [0.15, 0.2) is 4.34 Å². The Hall–Kier alpha value is -1.57. The van der Waals surface area contributed by atoms with Crippen LogP contribution in [0.5, 0.6) is 0 Å². The predicted octanol–water partition coefficient (Wildman–Crippen LogP) is 5.78. The van der Waals surface area contributed by atoms with Crippen LogP contribution < -0.4 is 5.32 Å². The Morgan fingerprint density at radius 2 is 2.21 bits per heavy atom. The molecule has 1 aromatic carbocycles. The second-order valence-electron chi connectivity index (χ2n) is 7.19. The number of carbonyl (C=O) groups excluding carboxylic acids is 1. The molecule has 5 nitrogen and oxygen atoms in total. The van der Waals surface area contributed by atoms with Crippen molar-refractivity contribution in [1.29, 1.82) is 0 Å². The molecule has 0 unspecified atom stereocenters. The quantitative estimate of drug-likeness (QED) is 0.559. The Labute approximate surface area is 178 Å². The second-order valence-corrected chi connectivity index (χ2v) is 9.79. The van der Waals surface area contributed by atoms with Gasteiger partial charge in [0.2, 0.25) is 11.0 Å². The lowest BCUT2D eigenvalue weighted by atomic mass is 10.0. The number of carbonyl (C=O) groups is 1. The average Bonchev–Trinajstić information content (AvgIpc) is 3.42. The molecule has 148 valence electrons. The van der Waals surface area contributed by atoms with E-state index in [1.807, 2.05) is 25.1 Å². The molecule has 1 amide bonds. The number of aryl methyl sites for hydroxylation is 1. The summed E-state index contributed by atoms with van der Waals surface area (Å²) in [4.78, 5) is 14.9. The number of allylic oxidation sites excluding steroid dienone is 2. The minimum absolute atomic E-state index is 0.190. The molecule has 1 aromatic heterocycles. The molecule has 1 fully saturated rings. The van der Waals surface area contributed by atoms with Crippen molar-refractivity contribution in [3.63, 3.8) is 0 Å². The van der Waals surface area contributed by atoms with Crippen LogP contribution >= 0.6 is 34.7 Å². The standard InChI is InChI=1S/C20H23ClN4OS2/c1-13-7-8-14(11-17(13)21)22-19-23-24-20(28-19)27-12-18(26)25(16-9-10-16)15-5-3-2-4-6-15/h5,7-8,11,16H,2-4,6,9-10,12H2,1H3,(H,22,23). The number of nitrogens with one attached hydrogen (secondary N) is 1. The van der Waals surface area contributed by atoms with Gasteiger partial charge in [-0.15, -0.1) is 10.2 Å². The van der Waals surface area contributed by atoms with Crippen molar-refractivity contribution in [2.24, 2.45) is 0 Å². The van der Waals surface area contributed by atoms with Crippen LogP contribution in [0.15, 0.2) is 34.3 Å². The maximum absolute atomic E-state index is 12.9. The molecular formula is C20H23ClN4OS2. The number of nitrogens with zero attached hydrogens (tertiary/aromatic N) is 3. The maximum Gasteiger partial charge on any atom is 0.237 e. The maximum atomic E-state index is 12.9. The van der Waals surface area contributed by atoms with Gasteiger partial charge < -0.3 is 10.2 Å². The van der Waals surface area contributed by atoms with Gasteiger partial charge >= 0.3 is 0 Å². The highest BCUT2D eigenvalue weighted by atomic mass is 35.5. The minimum atomic E-state index is 0.190. The third-order valence-electron chi connectivity index (χ3n) is 4.91. The van der Waals surface area contributed by atoms with E-state index in [1.165, 1.54) is 41.6 Å². The summed E-state index contributed by atoms with van der Waals surface area (Å²) in [6.45, 7) is 1.97. The van der Waals surface area contributed by atoms with Gasteiger partial charge in [-0.3, -0.25) is 4.79 Å². The van der Waals surface area contributed by atoms with Crippen molar-refractivity contribution < 1.29 is 4.79 Å². The number of rotatable bonds is 7. The first-order chi connectivity index (χ1) is 13.6. The summed E-state index contributed by atoms with van der Waals surface area (Å²) < 4.78 is 0.794. The van der Waals surface area contributed by atoms with E-state index in [1.54, 1.807) is 0 Å². The second kappa shape index (κ2) is 8.84. The minimum Gasteiger partial charge on any atom is -0.330 e. The van der Waals surface area contributed by atoms with Gasteiger partial charge in [-0.25, -0.2) is 0 Å². The van der Waals surface area contributed by atoms with E-state index < -0.39 is 0 Å². The predicted molar refractivity (Wildman–Crippen MR) is 117 cm³/mol. The lowest BCUT2D eigenvalue weighted by molar-refractivity contribution is -0.127. The third-order valence-corrected chi connectivity index (χ3v) is 7.27. The van der Waals surface area contributed by atoms with Crippen LogP contribution in [0.2, 0.25) is 5.02 Å². The van der Waals surface area contributed by atoms with Crippen molar-refractivity contribution >= 4 is 51.4 Å². The molecule has 1 saturated carbocycles. The van der Waals surface area contributed by atoms with Crippen molar-refractivity contribution in [1.82, 2.24) is 15.1 Å². The number of amides is 1. The molecule has 4 rings (SSSR count). The molecular weight excluding hydrogens is 412 g/mol. The number of aromatic nitrogens is 2. The van der Waals surface area contributed by atoms with E-state index in [2.05, 4.69) is 26.5 Å². The lowest BCUT2D eigenvalue weighted by Gasteiger charge is -2.27. The summed E-state index contributed by atoms with van der Waals surface area (Å²) in [5.41, 5.74) is 3.14. The van der Waals surface area contributed by atoms with Gasteiger partial charge in [0, 0.05) is 22.4 Å². The van der Waals surface area contributed by atoms with Crippen LogP contribution in [0.1, 0.15) is 44.1 Å². The molecule has 0 atom stereocenters. The van der Waals surface area contributed by atoms with Crippen LogP contribution in [0.25, 0.3) is 0 Å². The average molecular weight is 435 g/mol. The van der Waals surface area contributed by atoms with E-state index in [0.717, 1.165) is 41.3 Å². The smallest absolute Gasteiger partial charge is 0.237 e. The first-order valence-corrected chi connectivity index (χ1v) is 11.8. The summed E-state index contributed by atoms with van der Waals surface area (Å²) in [5.74, 6) is 0.592. The molecule has 0 radical (unpaired) electrons. The zero-order valence-corrected chi connectivity index (χ0v) is 18.2. The Balaban J connectivity index is 1.35. The molecule has 2 aromatic rings. The number of halogens is 1. The van der Waals surface area contributed by atoms with Gasteiger partial charge in [0.25, 0.3) is 0 Å². The monoisotopic (exact) mass is 434 g/mol. The van der Waals surface area contributed by atoms with Crippen LogP contribution in [-0.4, -0.2) is 32.8 Å². The number of anilines is 2. The van der Waals surface area contributed by atoms with E-state index >= 15 is 0 Å². The van der Waals surface area contributed by atoms with Crippen molar-refractivity contribution in [2.75, 3.05) is 11.1 Å². The summed E-state index contributed by atoms with van der Waals surface area (Å²) >= 11 is 9.09. The van der Waals surface area contributed by atoms with Gasteiger partial charge in [0.1, 0.15) is 0 Å². The fourth-order valence-corrected chi connectivity index (χ4v) is 5.09. The van der Waals surface area contributed by atoms with E-state index in [-0.39, 0.29) is 5.91 Å². The Kier molecular flexibility index (Phi) is 6.23. The molecule has 2 aliphatic carbocycles. The third kappa shape index (κ3) is 4.88. The van der Waals surface area contributed by atoms with Crippen LogP contribution in [-0.2, 0) is 4.79 Å². The van der Waals surface area contributed by atoms with Crippen molar-refractivity contribution in [3.8, 4) is 0 Å². The molecule has 28 heavy (non-hydrogen) atoms. The Morgan fingerprint density at radius 3 is 2.93 bits per heavy atom. The highest BCUT2D eigenvalue weighted by Crippen LogP contribution is 2.35. The van der Waals surface area contributed by atoms with E-state index in [0.29, 0.717) is 21.9 Å². The van der Waals surface area contributed by atoms with Gasteiger partial charge in [-0.1, -0.05) is 46.8 Å². The van der Waals surface area contributed by atoms with Crippen LogP contribution in [0, 0.1) is 6.92 Å². The summed E-state index contributed by atoms with van der Waals surface area (Å²) in [6.07, 6.45) is 9.04. The zero-order valence-electron chi connectivity index (χ0n) is 15.8. The molecule has 8 heteroatoms. The van der Waals surface area contributed by atoms with E-state index in [9.17, 15) is 4.79 Å². The molecule has 0 spiro atoms. The Bertz CT molecular complexity index is 894. The first kappa shape index (κ1) is 19.7. The first-order valence-electron chi connectivity index (χ1n) is 9.61. The summed E-state index contributed by atoms with van der Waals surface area (Å²) in [5, 5.41) is 13.0.